The molecule has 1 saturated heterocycles. The van der Waals surface area contributed by atoms with E-state index < -0.39 is 5.41 Å². The molecule has 1 aromatic rings. The molecule has 1 fully saturated rings. The number of hydrogen-bond donors (Lipinski definition) is 1. The van der Waals surface area contributed by atoms with Gasteiger partial charge in [-0.15, -0.1) is 0 Å². The molecule has 21 heavy (non-hydrogen) atoms. The number of anilines is 2. The lowest BCUT2D eigenvalue weighted by molar-refractivity contribution is -0.151. The summed E-state index contributed by atoms with van der Waals surface area (Å²) in [5.41, 5.74) is 7.23. The number of nitrogen functional groups attached to an aromatic ring is 1. The summed E-state index contributed by atoms with van der Waals surface area (Å²) < 4.78 is 4.86. The normalized spacial score (nSPS) is 16.8. The predicted octanol–water partition coefficient (Wildman–Crippen LogP) is 0.985. The first-order valence-corrected chi connectivity index (χ1v) is 7.19. The summed E-state index contributed by atoms with van der Waals surface area (Å²) >= 11 is 0. The molecule has 2 N–H and O–H groups in total. The zero-order valence-electron chi connectivity index (χ0n) is 13.0. The maximum atomic E-state index is 11.8. The molecule has 1 aromatic heterocycles. The van der Waals surface area contributed by atoms with E-state index in [9.17, 15) is 4.79 Å². The van der Waals surface area contributed by atoms with Crippen molar-refractivity contribution in [2.45, 2.75) is 13.8 Å². The van der Waals surface area contributed by atoms with E-state index in [-0.39, 0.29) is 5.97 Å². The molecule has 0 atom stereocenters. The number of methoxy groups -OCH3 is 1. The monoisotopic (exact) mass is 292 g/mol. The molecule has 6 nitrogen and oxygen atoms in total. The van der Waals surface area contributed by atoms with Crippen LogP contribution in [0, 0.1) is 5.41 Å². The number of esters is 1. The zero-order chi connectivity index (χ0) is 15.5. The standard InChI is InChI=1S/C15H24N4O2/c1-15(2,14(20)21-3)11-18-6-8-19(9-7-18)13-4-5-17-10-12(13)16/h4-5,10H,6-9,11,16H2,1-3H3. The first-order valence-electron chi connectivity index (χ1n) is 7.19. The van der Waals surface area contributed by atoms with Gasteiger partial charge in [0.25, 0.3) is 0 Å². The van der Waals surface area contributed by atoms with E-state index >= 15 is 0 Å². The zero-order valence-corrected chi connectivity index (χ0v) is 13.0. The molecule has 2 heterocycles. The molecule has 0 saturated carbocycles. The maximum Gasteiger partial charge on any atom is 0.312 e. The van der Waals surface area contributed by atoms with Crippen LogP contribution in [-0.4, -0.2) is 55.7 Å². The lowest BCUT2D eigenvalue weighted by Crippen LogP contribution is -2.50. The Balaban J connectivity index is 1.92. The summed E-state index contributed by atoms with van der Waals surface area (Å²) in [5, 5.41) is 0. The van der Waals surface area contributed by atoms with E-state index in [1.807, 2.05) is 19.9 Å². The Morgan fingerprint density at radius 3 is 2.62 bits per heavy atom. The smallest absolute Gasteiger partial charge is 0.312 e. The number of nitrogens with zero attached hydrogens (tertiary/aromatic N) is 3. The molecule has 0 unspecified atom stereocenters. The van der Waals surface area contributed by atoms with Crippen LogP contribution in [0.4, 0.5) is 11.4 Å². The Morgan fingerprint density at radius 1 is 1.38 bits per heavy atom. The largest absolute Gasteiger partial charge is 0.469 e. The molecule has 1 aliphatic heterocycles. The van der Waals surface area contributed by atoms with Gasteiger partial charge in [0.1, 0.15) is 0 Å². The van der Waals surface area contributed by atoms with E-state index in [0.29, 0.717) is 12.2 Å². The highest BCUT2D eigenvalue weighted by atomic mass is 16.5. The van der Waals surface area contributed by atoms with Crippen LogP contribution in [-0.2, 0) is 9.53 Å². The molecule has 0 amide bonds. The van der Waals surface area contributed by atoms with Crippen molar-refractivity contribution in [2.24, 2.45) is 5.41 Å². The van der Waals surface area contributed by atoms with Gasteiger partial charge in [-0.05, 0) is 19.9 Å². The molecule has 2 rings (SSSR count). The van der Waals surface area contributed by atoms with Crippen molar-refractivity contribution in [1.82, 2.24) is 9.88 Å². The quantitative estimate of drug-likeness (QED) is 0.834. The SMILES string of the molecule is COC(=O)C(C)(C)CN1CCN(c2ccncc2N)CC1. The van der Waals surface area contributed by atoms with Crippen molar-refractivity contribution in [2.75, 3.05) is 50.5 Å². The number of ether oxygens (including phenoxy) is 1. The van der Waals surface area contributed by atoms with E-state index in [1.165, 1.54) is 7.11 Å². The van der Waals surface area contributed by atoms with Gasteiger partial charge in [0.2, 0.25) is 0 Å². The number of rotatable bonds is 4. The third-order valence-electron chi connectivity index (χ3n) is 3.90. The second-order valence-electron chi connectivity index (χ2n) is 6.07. The number of pyridine rings is 1. The number of nitrogens with two attached hydrogens (primary N) is 1. The van der Waals surface area contributed by atoms with Crippen LogP contribution < -0.4 is 10.6 Å². The number of piperazine rings is 1. The molecule has 6 heteroatoms. The fourth-order valence-corrected chi connectivity index (χ4v) is 2.73. The molecule has 1 aliphatic rings. The molecule has 0 aromatic carbocycles. The lowest BCUT2D eigenvalue weighted by Gasteiger charge is -2.39. The summed E-state index contributed by atoms with van der Waals surface area (Å²) in [6, 6.07) is 1.95. The van der Waals surface area contributed by atoms with Gasteiger partial charge in [-0.3, -0.25) is 14.7 Å². The first-order chi connectivity index (χ1) is 9.94. The Bertz CT molecular complexity index is 496. The van der Waals surface area contributed by atoms with E-state index in [0.717, 1.165) is 31.9 Å². The van der Waals surface area contributed by atoms with Gasteiger partial charge in [-0.2, -0.15) is 0 Å². The van der Waals surface area contributed by atoms with Crippen LogP contribution in [0.15, 0.2) is 18.5 Å². The summed E-state index contributed by atoms with van der Waals surface area (Å²) in [4.78, 5) is 20.3. The van der Waals surface area contributed by atoms with Gasteiger partial charge >= 0.3 is 5.97 Å². The van der Waals surface area contributed by atoms with Crippen molar-refractivity contribution in [3.63, 3.8) is 0 Å². The van der Waals surface area contributed by atoms with Crippen molar-refractivity contribution >= 4 is 17.3 Å². The summed E-state index contributed by atoms with van der Waals surface area (Å²) in [7, 11) is 1.44. The van der Waals surface area contributed by atoms with E-state index in [4.69, 9.17) is 10.5 Å². The third kappa shape index (κ3) is 3.64. The van der Waals surface area contributed by atoms with E-state index in [2.05, 4.69) is 14.8 Å². The molecule has 0 aliphatic carbocycles. The molecular formula is C15H24N4O2. The number of aromatic nitrogens is 1. The van der Waals surface area contributed by atoms with Crippen LogP contribution in [0.25, 0.3) is 0 Å². The van der Waals surface area contributed by atoms with Crippen molar-refractivity contribution in [3.8, 4) is 0 Å². The average molecular weight is 292 g/mol. The lowest BCUT2D eigenvalue weighted by atomic mass is 9.92. The highest BCUT2D eigenvalue weighted by Gasteiger charge is 2.32. The first kappa shape index (κ1) is 15.6. The minimum absolute atomic E-state index is 0.164. The summed E-state index contributed by atoms with van der Waals surface area (Å²) in [5.74, 6) is -0.164. The molecule has 0 spiro atoms. The van der Waals surface area contributed by atoms with Crippen LogP contribution >= 0.6 is 0 Å². The predicted molar refractivity (Wildman–Crippen MR) is 83.1 cm³/mol. The van der Waals surface area contributed by atoms with Crippen molar-refractivity contribution < 1.29 is 9.53 Å². The molecular weight excluding hydrogens is 268 g/mol. The number of carbonyl (C=O) groups is 1. The fourth-order valence-electron chi connectivity index (χ4n) is 2.73. The van der Waals surface area contributed by atoms with Crippen LogP contribution in [0.3, 0.4) is 0 Å². The topological polar surface area (TPSA) is 71.7 Å². The van der Waals surface area contributed by atoms with Crippen LogP contribution in [0.2, 0.25) is 0 Å². The van der Waals surface area contributed by atoms with E-state index in [1.54, 1.807) is 12.4 Å². The molecule has 0 bridgehead atoms. The maximum absolute atomic E-state index is 11.8. The highest BCUT2D eigenvalue weighted by molar-refractivity contribution is 5.76. The molecule has 116 valence electrons. The average Bonchev–Trinajstić information content (AvgIpc) is 2.47. The highest BCUT2D eigenvalue weighted by Crippen LogP contribution is 2.24. The third-order valence-corrected chi connectivity index (χ3v) is 3.90. The Kier molecular flexibility index (Phi) is 4.67. The summed E-state index contributed by atoms with van der Waals surface area (Å²) in [6.07, 6.45) is 3.44. The Labute approximate surface area is 125 Å². The minimum Gasteiger partial charge on any atom is -0.469 e. The number of hydrogen-bond acceptors (Lipinski definition) is 6. The van der Waals surface area contributed by atoms with Crippen LogP contribution in [0.1, 0.15) is 13.8 Å². The minimum atomic E-state index is -0.480. The second-order valence-corrected chi connectivity index (χ2v) is 6.07. The fraction of sp³-hybridized carbons (Fsp3) is 0.600. The van der Waals surface area contributed by atoms with Crippen molar-refractivity contribution in [1.29, 1.82) is 0 Å². The van der Waals surface area contributed by atoms with Gasteiger partial charge in [-0.1, -0.05) is 0 Å². The summed E-state index contributed by atoms with van der Waals surface area (Å²) in [6.45, 7) is 8.15. The Hall–Kier alpha value is -1.82. The van der Waals surface area contributed by atoms with Gasteiger partial charge in [0.15, 0.2) is 0 Å². The van der Waals surface area contributed by atoms with Gasteiger partial charge < -0.3 is 15.4 Å². The Morgan fingerprint density at radius 2 is 2.05 bits per heavy atom. The van der Waals surface area contributed by atoms with Gasteiger partial charge in [-0.25, -0.2) is 0 Å². The second kappa shape index (κ2) is 6.30. The van der Waals surface area contributed by atoms with Crippen molar-refractivity contribution in [3.05, 3.63) is 18.5 Å². The number of carbonyl (C=O) groups excluding carboxylic acids is 1. The van der Waals surface area contributed by atoms with Crippen LogP contribution in [0.5, 0.6) is 0 Å². The molecule has 0 radical (unpaired) electrons. The van der Waals surface area contributed by atoms with Gasteiger partial charge in [0, 0.05) is 38.9 Å². The van der Waals surface area contributed by atoms with Gasteiger partial charge in [0.05, 0.1) is 30.1 Å².